The molecule has 1 spiro atoms. The molecule has 1 N–H and O–H groups in total. The van der Waals surface area contributed by atoms with E-state index in [1.807, 2.05) is 50.8 Å². The highest BCUT2D eigenvalue weighted by Crippen LogP contribution is 2.55. The summed E-state index contributed by atoms with van der Waals surface area (Å²) in [6.45, 7) is 9.25. The number of hydrogen-bond acceptors (Lipinski definition) is 4. The van der Waals surface area contributed by atoms with Crippen molar-refractivity contribution >= 4 is 11.9 Å². The number of piperidine rings is 1. The lowest BCUT2D eigenvalue weighted by Crippen LogP contribution is -2.51. The van der Waals surface area contributed by atoms with Gasteiger partial charge in [-0.25, -0.2) is 9.78 Å². The van der Waals surface area contributed by atoms with Crippen molar-refractivity contribution in [1.82, 2.24) is 9.88 Å². The van der Waals surface area contributed by atoms with E-state index in [2.05, 4.69) is 10.3 Å². The number of rotatable bonds is 3. The molecule has 1 aromatic rings. The number of nitrogens with zero attached hydrogens (tertiary/aromatic N) is 2. The van der Waals surface area contributed by atoms with Gasteiger partial charge in [0.05, 0.1) is 6.04 Å². The molecule has 2 fully saturated rings. The topological polar surface area (TPSA) is 54.5 Å². The van der Waals surface area contributed by atoms with E-state index in [1.54, 1.807) is 0 Å². The van der Waals surface area contributed by atoms with Gasteiger partial charge in [0.15, 0.2) is 0 Å². The van der Waals surface area contributed by atoms with Crippen molar-refractivity contribution in [3.8, 4) is 0 Å². The molecule has 2 aliphatic rings. The SMILES string of the molecule is Cc1cccc(NC[C@H]2CC3(CCN2C(=O)OC(C)(C)C)CC3)n1. The summed E-state index contributed by atoms with van der Waals surface area (Å²) < 4.78 is 5.61. The van der Waals surface area contributed by atoms with Crippen LogP contribution in [0, 0.1) is 12.3 Å². The van der Waals surface area contributed by atoms with Gasteiger partial charge in [-0.05, 0) is 70.9 Å². The minimum Gasteiger partial charge on any atom is -0.444 e. The van der Waals surface area contributed by atoms with Gasteiger partial charge in [0.25, 0.3) is 0 Å². The molecule has 1 atom stereocenters. The number of carbonyl (C=O) groups is 1. The number of nitrogens with one attached hydrogen (secondary N) is 1. The molecule has 0 unspecified atom stereocenters. The Morgan fingerprint density at radius 1 is 1.38 bits per heavy atom. The van der Waals surface area contributed by atoms with Crippen LogP contribution in [0.5, 0.6) is 0 Å². The first-order valence-electron chi connectivity index (χ1n) is 8.94. The van der Waals surface area contributed by atoms with Crippen LogP contribution in [0.1, 0.15) is 52.1 Å². The third-order valence-corrected chi connectivity index (χ3v) is 4.98. The van der Waals surface area contributed by atoms with Crippen LogP contribution in [0.4, 0.5) is 10.6 Å². The molecule has 0 bridgehead atoms. The standard InChI is InChI=1S/C19H29N3O2/c1-14-6-5-7-16(21-14)20-13-15-12-19(8-9-19)10-11-22(15)17(23)24-18(2,3)4/h5-7,15H,8-13H2,1-4H3,(H,20,21)/t15-/m1/s1. The van der Waals surface area contributed by atoms with Crippen LogP contribution in [-0.2, 0) is 4.74 Å². The van der Waals surface area contributed by atoms with E-state index in [0.717, 1.165) is 37.4 Å². The fraction of sp³-hybridized carbons (Fsp3) is 0.684. The number of amides is 1. The molecule has 5 heteroatoms. The van der Waals surface area contributed by atoms with Crippen molar-refractivity contribution in [3.63, 3.8) is 0 Å². The lowest BCUT2D eigenvalue weighted by Gasteiger charge is -2.40. The molecule has 0 aromatic carbocycles. The van der Waals surface area contributed by atoms with E-state index in [9.17, 15) is 4.79 Å². The molecule has 1 aliphatic carbocycles. The van der Waals surface area contributed by atoms with Crippen molar-refractivity contribution in [1.29, 1.82) is 0 Å². The summed E-state index contributed by atoms with van der Waals surface area (Å²) in [4.78, 5) is 19.0. The summed E-state index contributed by atoms with van der Waals surface area (Å²) >= 11 is 0. The number of carbonyl (C=O) groups excluding carboxylic acids is 1. The van der Waals surface area contributed by atoms with Crippen LogP contribution in [0.25, 0.3) is 0 Å². The van der Waals surface area contributed by atoms with Crippen molar-refractivity contribution < 1.29 is 9.53 Å². The van der Waals surface area contributed by atoms with E-state index in [1.165, 1.54) is 12.8 Å². The molecule has 2 heterocycles. The van der Waals surface area contributed by atoms with Gasteiger partial charge < -0.3 is 15.0 Å². The van der Waals surface area contributed by atoms with Crippen LogP contribution in [0.2, 0.25) is 0 Å². The maximum Gasteiger partial charge on any atom is 0.410 e. The fourth-order valence-electron chi connectivity index (χ4n) is 3.49. The Morgan fingerprint density at radius 3 is 2.75 bits per heavy atom. The van der Waals surface area contributed by atoms with Crippen LogP contribution < -0.4 is 5.32 Å². The molecule has 0 radical (unpaired) electrons. The lowest BCUT2D eigenvalue weighted by molar-refractivity contribution is 0.00462. The van der Waals surface area contributed by atoms with Gasteiger partial charge >= 0.3 is 6.09 Å². The van der Waals surface area contributed by atoms with Crippen molar-refractivity contribution in [2.24, 2.45) is 5.41 Å². The summed E-state index contributed by atoms with van der Waals surface area (Å²) in [6.07, 6.45) is 4.57. The average molecular weight is 331 g/mol. The van der Waals surface area contributed by atoms with E-state index in [0.29, 0.717) is 5.41 Å². The smallest absolute Gasteiger partial charge is 0.410 e. The van der Waals surface area contributed by atoms with E-state index in [4.69, 9.17) is 4.74 Å². The molecule has 1 aliphatic heterocycles. The fourth-order valence-corrected chi connectivity index (χ4v) is 3.49. The number of aryl methyl sites for hydroxylation is 1. The molecule has 1 saturated heterocycles. The Morgan fingerprint density at radius 2 is 2.12 bits per heavy atom. The monoisotopic (exact) mass is 331 g/mol. The summed E-state index contributed by atoms with van der Waals surface area (Å²) in [6, 6.07) is 6.12. The third-order valence-electron chi connectivity index (χ3n) is 4.98. The molecule has 1 saturated carbocycles. The number of aromatic nitrogens is 1. The Kier molecular flexibility index (Phi) is 4.45. The Balaban J connectivity index is 1.66. The molecule has 3 rings (SSSR count). The average Bonchev–Trinajstić information content (AvgIpc) is 3.22. The second-order valence-electron chi connectivity index (χ2n) is 8.33. The van der Waals surface area contributed by atoms with Gasteiger partial charge in [-0.2, -0.15) is 0 Å². The van der Waals surface area contributed by atoms with Gasteiger partial charge in [0, 0.05) is 18.8 Å². The summed E-state index contributed by atoms with van der Waals surface area (Å²) in [5, 5.41) is 3.41. The van der Waals surface area contributed by atoms with Crippen LogP contribution in [-0.4, -0.2) is 40.7 Å². The molecule has 1 aromatic heterocycles. The van der Waals surface area contributed by atoms with Crippen molar-refractivity contribution in [2.45, 2.75) is 65.0 Å². The summed E-state index contributed by atoms with van der Waals surface area (Å²) in [7, 11) is 0. The minimum absolute atomic E-state index is 0.165. The minimum atomic E-state index is -0.456. The van der Waals surface area contributed by atoms with E-state index < -0.39 is 5.60 Å². The predicted octanol–water partition coefficient (Wildman–Crippen LogP) is 3.98. The highest BCUT2D eigenvalue weighted by Gasteiger charge is 2.49. The maximum atomic E-state index is 12.6. The quantitative estimate of drug-likeness (QED) is 0.910. The van der Waals surface area contributed by atoms with Crippen LogP contribution in [0.15, 0.2) is 18.2 Å². The number of pyridine rings is 1. The molecular formula is C19H29N3O2. The maximum absolute atomic E-state index is 12.6. The number of hydrogen-bond donors (Lipinski definition) is 1. The highest BCUT2D eigenvalue weighted by atomic mass is 16.6. The summed E-state index contributed by atoms with van der Waals surface area (Å²) in [5.74, 6) is 0.870. The van der Waals surface area contributed by atoms with Gasteiger partial charge in [0.1, 0.15) is 11.4 Å². The first kappa shape index (κ1) is 17.1. The molecule has 5 nitrogen and oxygen atoms in total. The zero-order valence-electron chi connectivity index (χ0n) is 15.3. The number of likely N-dealkylation sites (tertiary alicyclic amines) is 1. The van der Waals surface area contributed by atoms with E-state index in [-0.39, 0.29) is 12.1 Å². The molecular weight excluding hydrogens is 302 g/mol. The number of ether oxygens (including phenoxy) is 1. The highest BCUT2D eigenvalue weighted by molar-refractivity contribution is 5.69. The Hall–Kier alpha value is -1.78. The molecule has 24 heavy (non-hydrogen) atoms. The van der Waals surface area contributed by atoms with Crippen LogP contribution in [0.3, 0.4) is 0 Å². The largest absolute Gasteiger partial charge is 0.444 e. The Labute approximate surface area is 144 Å². The first-order chi connectivity index (χ1) is 11.3. The van der Waals surface area contributed by atoms with E-state index >= 15 is 0 Å². The molecule has 132 valence electrons. The third kappa shape index (κ3) is 4.19. The van der Waals surface area contributed by atoms with Gasteiger partial charge in [0.2, 0.25) is 0 Å². The van der Waals surface area contributed by atoms with Gasteiger partial charge in [-0.3, -0.25) is 0 Å². The first-order valence-corrected chi connectivity index (χ1v) is 8.94. The number of anilines is 1. The van der Waals surface area contributed by atoms with Crippen molar-refractivity contribution in [3.05, 3.63) is 23.9 Å². The predicted molar refractivity (Wildman–Crippen MR) is 95.1 cm³/mol. The second-order valence-corrected chi connectivity index (χ2v) is 8.33. The van der Waals surface area contributed by atoms with Crippen molar-refractivity contribution in [2.75, 3.05) is 18.4 Å². The lowest BCUT2D eigenvalue weighted by atomic mass is 9.88. The molecule has 1 amide bonds. The van der Waals surface area contributed by atoms with Crippen LogP contribution >= 0.6 is 0 Å². The zero-order valence-corrected chi connectivity index (χ0v) is 15.3. The van der Waals surface area contributed by atoms with Gasteiger partial charge in [-0.15, -0.1) is 0 Å². The normalized spacial score (nSPS) is 22.3. The zero-order chi connectivity index (χ0) is 17.4. The summed E-state index contributed by atoms with van der Waals surface area (Å²) in [5.41, 5.74) is 1.01. The van der Waals surface area contributed by atoms with Gasteiger partial charge in [-0.1, -0.05) is 6.07 Å². The Bertz CT molecular complexity index is 605. The second kappa shape index (κ2) is 6.26.